The molecule has 0 aliphatic heterocycles. The smallest absolute Gasteiger partial charge is 0.246 e. The van der Waals surface area contributed by atoms with Crippen LogP contribution >= 0.6 is 11.6 Å². The molecule has 0 atom stereocenters. The Hall–Kier alpha value is -2.57. The van der Waals surface area contributed by atoms with Crippen LogP contribution in [0, 0.1) is 0 Å². The number of furan rings is 1. The van der Waals surface area contributed by atoms with E-state index in [9.17, 15) is 14.7 Å². The predicted molar refractivity (Wildman–Crippen MR) is 85.7 cm³/mol. The maximum absolute atomic E-state index is 12.7. The third kappa shape index (κ3) is 2.74. The summed E-state index contributed by atoms with van der Waals surface area (Å²) in [7, 11) is 0. The van der Waals surface area contributed by atoms with Crippen molar-refractivity contribution in [2.75, 3.05) is 5.32 Å². The molecule has 7 heteroatoms. The Bertz CT molecular complexity index is 910. The second-order valence-corrected chi connectivity index (χ2v) is 5.44. The molecule has 3 aromatic rings. The van der Waals surface area contributed by atoms with Crippen molar-refractivity contribution in [3.8, 4) is 0 Å². The zero-order chi connectivity index (χ0) is 16.6. The molecule has 2 heterocycles. The molecule has 1 aromatic carbocycles. The van der Waals surface area contributed by atoms with E-state index in [2.05, 4.69) is 10.3 Å². The van der Waals surface area contributed by atoms with Crippen LogP contribution in [0.5, 0.6) is 0 Å². The molecule has 3 N–H and O–H groups in total. The number of amides is 1. The molecule has 2 aromatic heterocycles. The molecular weight excluding hydrogens is 320 g/mol. The minimum atomic E-state index is -0.463. The number of anilines is 1. The fraction of sp³-hybridized carbons (Fsp3) is 0.125. The molecule has 0 unspecified atom stereocenters. The number of aliphatic hydroxyl groups is 1. The Labute approximate surface area is 136 Å². The number of nitrogens with one attached hydrogen (secondary N) is 2. The SMILES string of the molecule is CC(=O)Nc1c(C(=O)c2occc2CO)[nH]c2cc(Cl)ccc12. The monoisotopic (exact) mass is 332 g/mol. The van der Waals surface area contributed by atoms with Crippen LogP contribution in [-0.2, 0) is 11.4 Å². The molecule has 0 aliphatic carbocycles. The highest BCUT2D eigenvalue weighted by molar-refractivity contribution is 6.31. The number of halogens is 1. The maximum atomic E-state index is 12.7. The van der Waals surface area contributed by atoms with E-state index in [0.29, 0.717) is 27.2 Å². The van der Waals surface area contributed by atoms with Gasteiger partial charge in [0.15, 0.2) is 5.76 Å². The van der Waals surface area contributed by atoms with Crippen LogP contribution in [0.2, 0.25) is 5.02 Å². The van der Waals surface area contributed by atoms with Crippen LogP contribution in [-0.4, -0.2) is 21.8 Å². The van der Waals surface area contributed by atoms with E-state index in [4.69, 9.17) is 16.0 Å². The van der Waals surface area contributed by atoms with Crippen molar-refractivity contribution in [1.82, 2.24) is 4.98 Å². The van der Waals surface area contributed by atoms with Crippen molar-refractivity contribution >= 4 is 39.9 Å². The van der Waals surface area contributed by atoms with E-state index in [1.165, 1.54) is 19.3 Å². The summed E-state index contributed by atoms with van der Waals surface area (Å²) in [5.74, 6) is -0.747. The van der Waals surface area contributed by atoms with Gasteiger partial charge in [-0.25, -0.2) is 0 Å². The van der Waals surface area contributed by atoms with Gasteiger partial charge in [0.25, 0.3) is 0 Å². The van der Waals surface area contributed by atoms with E-state index < -0.39 is 5.78 Å². The fourth-order valence-electron chi connectivity index (χ4n) is 2.42. The molecular formula is C16H13ClN2O4. The van der Waals surface area contributed by atoms with Gasteiger partial charge < -0.3 is 19.8 Å². The first-order chi connectivity index (χ1) is 11.0. The molecule has 0 bridgehead atoms. The molecule has 0 fully saturated rings. The zero-order valence-corrected chi connectivity index (χ0v) is 12.9. The average Bonchev–Trinajstić information content (AvgIpc) is 3.10. The van der Waals surface area contributed by atoms with Gasteiger partial charge in [-0.3, -0.25) is 9.59 Å². The summed E-state index contributed by atoms with van der Waals surface area (Å²) < 4.78 is 5.18. The Morgan fingerprint density at radius 1 is 1.35 bits per heavy atom. The van der Waals surface area contributed by atoms with Gasteiger partial charge in [0.2, 0.25) is 11.7 Å². The van der Waals surface area contributed by atoms with Gasteiger partial charge in [0.1, 0.15) is 5.69 Å². The van der Waals surface area contributed by atoms with Crippen LogP contribution in [0.3, 0.4) is 0 Å². The number of aromatic amines is 1. The van der Waals surface area contributed by atoms with Crippen molar-refractivity contribution in [1.29, 1.82) is 0 Å². The normalized spacial score (nSPS) is 10.9. The van der Waals surface area contributed by atoms with Gasteiger partial charge in [-0.05, 0) is 24.3 Å². The highest BCUT2D eigenvalue weighted by Crippen LogP contribution is 2.32. The van der Waals surface area contributed by atoms with Crippen molar-refractivity contribution in [2.24, 2.45) is 0 Å². The molecule has 0 radical (unpaired) electrons. The number of hydrogen-bond acceptors (Lipinski definition) is 4. The van der Waals surface area contributed by atoms with E-state index in [1.54, 1.807) is 18.2 Å². The van der Waals surface area contributed by atoms with Crippen LogP contribution in [0.4, 0.5) is 5.69 Å². The van der Waals surface area contributed by atoms with Crippen molar-refractivity contribution in [2.45, 2.75) is 13.5 Å². The number of H-pyrrole nitrogens is 1. The number of carbonyl (C=O) groups is 2. The first-order valence-corrected chi connectivity index (χ1v) is 7.19. The average molecular weight is 333 g/mol. The molecule has 0 saturated heterocycles. The second kappa shape index (κ2) is 5.91. The summed E-state index contributed by atoms with van der Waals surface area (Å²) in [4.78, 5) is 27.2. The van der Waals surface area contributed by atoms with E-state index >= 15 is 0 Å². The zero-order valence-electron chi connectivity index (χ0n) is 12.1. The Balaban J connectivity index is 2.19. The third-order valence-electron chi connectivity index (χ3n) is 3.41. The minimum Gasteiger partial charge on any atom is -0.460 e. The van der Waals surface area contributed by atoms with E-state index in [0.717, 1.165) is 0 Å². The van der Waals surface area contributed by atoms with Crippen LogP contribution in [0.1, 0.15) is 28.7 Å². The Morgan fingerprint density at radius 3 is 2.83 bits per heavy atom. The van der Waals surface area contributed by atoms with E-state index in [-0.39, 0.29) is 24.0 Å². The van der Waals surface area contributed by atoms with Crippen molar-refractivity contribution in [3.05, 3.63) is 52.6 Å². The summed E-state index contributed by atoms with van der Waals surface area (Å²) >= 11 is 5.97. The van der Waals surface area contributed by atoms with Gasteiger partial charge in [-0.2, -0.15) is 0 Å². The van der Waals surface area contributed by atoms with Gasteiger partial charge in [-0.1, -0.05) is 11.6 Å². The van der Waals surface area contributed by atoms with Crippen LogP contribution in [0.25, 0.3) is 10.9 Å². The number of hydrogen-bond donors (Lipinski definition) is 3. The summed E-state index contributed by atoms with van der Waals surface area (Å²) in [5, 5.41) is 13.1. The topological polar surface area (TPSA) is 95.3 Å². The number of aromatic nitrogens is 1. The maximum Gasteiger partial charge on any atom is 0.246 e. The van der Waals surface area contributed by atoms with Gasteiger partial charge >= 0.3 is 0 Å². The quantitative estimate of drug-likeness (QED) is 0.640. The molecule has 6 nitrogen and oxygen atoms in total. The van der Waals surface area contributed by atoms with Crippen LogP contribution < -0.4 is 5.32 Å². The summed E-state index contributed by atoms with van der Waals surface area (Å²) in [6.07, 6.45) is 1.33. The highest BCUT2D eigenvalue weighted by atomic mass is 35.5. The molecule has 0 aliphatic rings. The fourth-order valence-corrected chi connectivity index (χ4v) is 2.59. The Morgan fingerprint density at radius 2 is 2.13 bits per heavy atom. The van der Waals surface area contributed by atoms with Gasteiger partial charge in [0.05, 0.1) is 18.6 Å². The first-order valence-electron chi connectivity index (χ1n) is 6.82. The number of fused-ring (bicyclic) bond motifs is 1. The lowest BCUT2D eigenvalue weighted by atomic mass is 10.1. The summed E-state index contributed by atoms with van der Waals surface area (Å²) in [5.41, 5.74) is 1.51. The molecule has 0 spiro atoms. The number of rotatable bonds is 4. The first kappa shape index (κ1) is 15.3. The molecule has 23 heavy (non-hydrogen) atoms. The standard InChI is InChI=1S/C16H13ClN2O4/c1-8(21)18-13-11-3-2-10(17)6-12(11)19-14(13)15(22)16-9(7-20)4-5-23-16/h2-6,19-20H,7H2,1H3,(H,18,21). The highest BCUT2D eigenvalue weighted by Gasteiger charge is 2.24. The summed E-state index contributed by atoms with van der Waals surface area (Å²) in [6.45, 7) is 1.04. The lowest BCUT2D eigenvalue weighted by Gasteiger charge is -2.04. The molecule has 1 amide bonds. The van der Waals surface area contributed by atoms with Crippen molar-refractivity contribution in [3.63, 3.8) is 0 Å². The lowest BCUT2D eigenvalue weighted by Crippen LogP contribution is -2.11. The Kier molecular flexibility index (Phi) is 3.94. The summed E-state index contributed by atoms with van der Waals surface area (Å²) in [6, 6.07) is 6.56. The number of benzene rings is 1. The largest absolute Gasteiger partial charge is 0.460 e. The van der Waals surface area contributed by atoms with Gasteiger partial charge in [0, 0.05) is 28.4 Å². The number of ketones is 1. The third-order valence-corrected chi connectivity index (χ3v) is 3.65. The number of carbonyl (C=O) groups excluding carboxylic acids is 2. The molecule has 0 saturated carbocycles. The second-order valence-electron chi connectivity index (χ2n) is 5.01. The minimum absolute atomic E-state index is 0.0248. The van der Waals surface area contributed by atoms with Crippen LogP contribution in [0.15, 0.2) is 34.9 Å². The molecule has 118 valence electrons. The van der Waals surface area contributed by atoms with E-state index in [1.807, 2.05) is 0 Å². The predicted octanol–water partition coefficient (Wildman–Crippen LogP) is 3.10. The van der Waals surface area contributed by atoms with Crippen molar-refractivity contribution < 1.29 is 19.1 Å². The number of aliphatic hydroxyl groups excluding tert-OH is 1. The molecule has 3 rings (SSSR count). The van der Waals surface area contributed by atoms with Gasteiger partial charge in [-0.15, -0.1) is 0 Å². The lowest BCUT2D eigenvalue weighted by molar-refractivity contribution is -0.114.